The van der Waals surface area contributed by atoms with Crippen molar-refractivity contribution in [3.63, 3.8) is 0 Å². The molecule has 1 aromatic rings. The second kappa shape index (κ2) is 11.2. The Bertz CT molecular complexity index is 1060. The second-order valence-corrected chi connectivity index (χ2v) is 14.3. The molecule has 7 atom stereocenters. The molecule has 4 aliphatic carbocycles. The van der Waals surface area contributed by atoms with Crippen LogP contribution in [0.25, 0.3) is 0 Å². The molecule has 6 rings (SSSR count). The normalized spacial score (nSPS) is 39.5. The summed E-state index contributed by atoms with van der Waals surface area (Å²) in [4.78, 5) is 20.8. The van der Waals surface area contributed by atoms with Gasteiger partial charge in [0.1, 0.15) is 0 Å². The van der Waals surface area contributed by atoms with Gasteiger partial charge in [-0.05, 0) is 112 Å². The number of allylic oxidation sites excluding steroid dienone is 1. The van der Waals surface area contributed by atoms with Crippen LogP contribution in [0.5, 0.6) is 0 Å². The highest BCUT2D eigenvalue weighted by atomic mass is 32.2. The summed E-state index contributed by atoms with van der Waals surface area (Å²) in [5.41, 5.74) is 2.82. The molecular weight excluding hydrogens is 514 g/mol. The van der Waals surface area contributed by atoms with Crippen molar-refractivity contribution in [3.8, 4) is 0 Å². The van der Waals surface area contributed by atoms with E-state index in [0.29, 0.717) is 28.4 Å². The fourth-order valence-corrected chi connectivity index (χ4v) is 10.4. The summed E-state index contributed by atoms with van der Waals surface area (Å²) < 4.78 is 5.45. The van der Waals surface area contributed by atoms with Crippen LogP contribution in [0.15, 0.2) is 34.7 Å². The average molecular weight is 560 g/mol. The number of rotatable bonds is 5. The van der Waals surface area contributed by atoms with Crippen molar-refractivity contribution in [3.05, 3.63) is 35.8 Å². The van der Waals surface area contributed by atoms with Crippen LogP contribution in [0.1, 0.15) is 89.5 Å². The van der Waals surface area contributed by atoms with Crippen molar-refractivity contribution in [1.29, 1.82) is 0 Å². The summed E-state index contributed by atoms with van der Waals surface area (Å²) in [6.45, 7) is 8.87. The molecule has 216 valence electrons. The number of aliphatic hydroxyl groups is 1. The molecule has 39 heavy (non-hydrogen) atoms. The fraction of sp³-hybridized carbons (Fsp3) is 0.742. The van der Waals surface area contributed by atoms with E-state index < -0.39 is 17.5 Å². The van der Waals surface area contributed by atoms with Gasteiger partial charge in [0, 0.05) is 23.0 Å². The largest absolute Gasteiger partial charge is 0.473 e. The fourth-order valence-electron chi connectivity index (χ4n) is 9.14. The first-order chi connectivity index (χ1) is 18.6. The molecule has 3 N–H and O–H groups in total. The molecule has 0 aromatic carbocycles. The van der Waals surface area contributed by atoms with Crippen molar-refractivity contribution in [2.75, 3.05) is 25.4 Å². The van der Waals surface area contributed by atoms with E-state index in [1.54, 1.807) is 5.57 Å². The molecule has 2 heterocycles. The monoisotopic (exact) mass is 559 g/mol. The van der Waals surface area contributed by atoms with Crippen LogP contribution in [-0.4, -0.2) is 68.4 Å². The van der Waals surface area contributed by atoms with Gasteiger partial charge in [-0.2, -0.15) is 11.8 Å². The summed E-state index contributed by atoms with van der Waals surface area (Å²) in [6.07, 6.45) is 18.7. The van der Waals surface area contributed by atoms with E-state index >= 15 is 0 Å². The third kappa shape index (κ3) is 5.21. The highest BCUT2D eigenvalue weighted by Crippen LogP contribution is 2.70. The van der Waals surface area contributed by atoms with Gasteiger partial charge in [-0.1, -0.05) is 25.5 Å². The van der Waals surface area contributed by atoms with Crippen LogP contribution in [0.3, 0.4) is 0 Å². The first-order valence-corrected chi connectivity index (χ1v) is 15.9. The third-order valence-electron chi connectivity index (χ3n) is 11.3. The highest BCUT2D eigenvalue weighted by molar-refractivity contribution is 8.00. The lowest BCUT2D eigenvalue weighted by molar-refractivity contribution is -0.177. The molecule has 0 spiro atoms. The van der Waals surface area contributed by atoms with Gasteiger partial charge in [0.05, 0.1) is 18.1 Å². The van der Waals surface area contributed by atoms with E-state index in [-0.39, 0.29) is 5.41 Å². The van der Waals surface area contributed by atoms with E-state index in [1.807, 2.05) is 12.5 Å². The van der Waals surface area contributed by atoms with Gasteiger partial charge in [0.25, 0.3) is 0 Å². The summed E-state index contributed by atoms with van der Waals surface area (Å²) in [5, 5.41) is 27.8. The van der Waals surface area contributed by atoms with Gasteiger partial charge >= 0.3 is 11.9 Å². The second-order valence-electron chi connectivity index (χ2n) is 13.0. The lowest BCUT2D eigenvalue weighted by Crippen LogP contribution is -2.60. The van der Waals surface area contributed by atoms with Crippen LogP contribution >= 0.6 is 11.8 Å². The van der Waals surface area contributed by atoms with Crippen molar-refractivity contribution in [2.24, 2.45) is 22.7 Å². The SMILES string of the molecule is C[C@]12CC[C@H](SCCN3CCCC3)C=C1CC[C@@H]1[C@@H]2CC[C@]2(C)[C@@H](c3ccoc3)CC[C@]12O.O=C(O)C(=O)O. The number of aliphatic carboxylic acids is 2. The van der Waals surface area contributed by atoms with E-state index in [4.69, 9.17) is 24.2 Å². The number of thioether (sulfide) groups is 1. The van der Waals surface area contributed by atoms with Crippen molar-refractivity contribution >= 4 is 23.7 Å². The maximum Gasteiger partial charge on any atom is 0.414 e. The van der Waals surface area contributed by atoms with E-state index in [9.17, 15) is 5.11 Å². The number of carboxylic acids is 2. The summed E-state index contributed by atoms with van der Waals surface area (Å²) in [5.74, 6) is -0.825. The van der Waals surface area contributed by atoms with Crippen molar-refractivity contribution in [2.45, 2.75) is 94.8 Å². The van der Waals surface area contributed by atoms with Crippen LogP contribution in [-0.2, 0) is 9.59 Å². The first-order valence-electron chi connectivity index (χ1n) is 14.8. The lowest BCUT2D eigenvalue weighted by Gasteiger charge is -2.62. The van der Waals surface area contributed by atoms with Gasteiger partial charge < -0.3 is 24.6 Å². The molecule has 0 bridgehead atoms. The van der Waals surface area contributed by atoms with Crippen LogP contribution in [0, 0.1) is 22.7 Å². The van der Waals surface area contributed by atoms with Crippen LogP contribution < -0.4 is 0 Å². The Kier molecular flexibility index (Phi) is 8.29. The first kappa shape index (κ1) is 28.7. The number of fused-ring (bicyclic) bond motifs is 5. The quantitative estimate of drug-likeness (QED) is 0.307. The Morgan fingerprint density at radius 1 is 1.03 bits per heavy atom. The maximum atomic E-state index is 12.4. The molecule has 0 amide bonds. The predicted molar refractivity (Wildman–Crippen MR) is 152 cm³/mol. The highest BCUT2D eigenvalue weighted by Gasteiger charge is 2.66. The maximum absolute atomic E-state index is 12.4. The van der Waals surface area contributed by atoms with E-state index in [1.165, 1.54) is 75.9 Å². The van der Waals surface area contributed by atoms with Crippen molar-refractivity contribution < 1.29 is 29.3 Å². The zero-order valence-corrected chi connectivity index (χ0v) is 24.3. The number of hydrogen-bond acceptors (Lipinski definition) is 6. The topological polar surface area (TPSA) is 111 Å². The zero-order chi connectivity index (χ0) is 27.8. The minimum absolute atomic E-state index is 0.0156. The third-order valence-corrected chi connectivity index (χ3v) is 12.5. The molecule has 0 unspecified atom stereocenters. The van der Waals surface area contributed by atoms with E-state index in [0.717, 1.165) is 19.3 Å². The molecule has 5 aliphatic rings. The smallest absolute Gasteiger partial charge is 0.414 e. The number of hydrogen-bond donors (Lipinski definition) is 3. The van der Waals surface area contributed by atoms with Gasteiger partial charge in [-0.15, -0.1) is 0 Å². The molecule has 8 heteroatoms. The minimum atomic E-state index is -1.82. The number of furan rings is 1. The number of carboxylic acid groups (broad SMARTS) is 2. The van der Waals surface area contributed by atoms with Crippen LogP contribution in [0.2, 0.25) is 0 Å². The molecule has 1 aliphatic heterocycles. The van der Waals surface area contributed by atoms with Gasteiger partial charge in [0.2, 0.25) is 0 Å². The molecule has 4 fully saturated rings. The lowest BCUT2D eigenvalue weighted by atomic mass is 9.45. The Morgan fingerprint density at radius 2 is 1.77 bits per heavy atom. The molecule has 3 saturated carbocycles. The number of carbonyl (C=O) groups is 2. The van der Waals surface area contributed by atoms with Crippen molar-refractivity contribution in [1.82, 2.24) is 4.90 Å². The zero-order valence-electron chi connectivity index (χ0n) is 23.4. The molecular formula is C31H45NO6S. The summed E-state index contributed by atoms with van der Waals surface area (Å²) >= 11 is 2.20. The number of nitrogens with zero attached hydrogens (tertiary/aromatic N) is 1. The molecule has 7 nitrogen and oxygen atoms in total. The molecule has 1 aromatic heterocycles. The van der Waals surface area contributed by atoms with E-state index in [2.05, 4.69) is 42.7 Å². The Balaban J connectivity index is 0.000000465. The standard InChI is InChI=1S/C29H43NO2S.C2H2O4/c1-27-11-7-23(33-18-16-30-14-3-4-15-30)19-22(27)5-6-26-25(27)8-12-28(2)24(9-13-29(26,28)31)21-10-17-32-20-21;3-1(4)2(5)6/h10,17,19-20,23-26,31H,3-9,11-16,18H2,1-2H3;(H,3,4)(H,5,6)/t23-,24+,25-,26+,27-,28+,29-;/m0./s1. The Hall–Kier alpha value is -1.77. The summed E-state index contributed by atoms with van der Waals surface area (Å²) in [7, 11) is 0. The average Bonchev–Trinajstić information content (AvgIpc) is 3.66. The van der Waals surface area contributed by atoms with Gasteiger partial charge in [-0.3, -0.25) is 0 Å². The number of likely N-dealkylation sites (tertiary alicyclic amines) is 1. The predicted octanol–water partition coefficient (Wildman–Crippen LogP) is 5.79. The molecule has 0 radical (unpaired) electrons. The summed E-state index contributed by atoms with van der Waals surface area (Å²) in [6, 6.07) is 2.14. The Labute approximate surface area is 236 Å². The minimum Gasteiger partial charge on any atom is -0.473 e. The van der Waals surface area contributed by atoms with Gasteiger partial charge in [-0.25, -0.2) is 9.59 Å². The van der Waals surface area contributed by atoms with Gasteiger partial charge in [0.15, 0.2) is 0 Å². The Morgan fingerprint density at radius 3 is 2.44 bits per heavy atom. The van der Waals surface area contributed by atoms with Crippen LogP contribution in [0.4, 0.5) is 0 Å². The molecule has 1 saturated heterocycles.